The van der Waals surface area contributed by atoms with Gasteiger partial charge in [0.05, 0.1) is 17.3 Å². The van der Waals surface area contributed by atoms with E-state index >= 15 is 0 Å². The standard InChI is InChI=1S/C15H21BrN2O3/c1-2-20-14-10-12(11-17-19)9-13(16)15(14)21-8-7-18-5-3-4-6-18/h9-11,19H,2-8H2,1H3. The van der Waals surface area contributed by atoms with Crippen molar-refractivity contribution in [1.29, 1.82) is 0 Å². The van der Waals surface area contributed by atoms with E-state index in [1.54, 1.807) is 6.07 Å². The van der Waals surface area contributed by atoms with Crippen LogP contribution >= 0.6 is 15.9 Å². The molecule has 1 aromatic rings. The highest BCUT2D eigenvalue weighted by atomic mass is 79.9. The summed E-state index contributed by atoms with van der Waals surface area (Å²) in [5, 5.41) is 11.7. The molecule has 1 aliphatic heterocycles. The summed E-state index contributed by atoms with van der Waals surface area (Å²) in [4.78, 5) is 2.40. The first-order valence-electron chi connectivity index (χ1n) is 7.23. The molecule has 1 heterocycles. The number of ether oxygens (including phenoxy) is 2. The maximum Gasteiger partial charge on any atom is 0.175 e. The van der Waals surface area contributed by atoms with Gasteiger partial charge in [-0.15, -0.1) is 0 Å². The first kappa shape index (κ1) is 16.1. The fourth-order valence-electron chi connectivity index (χ4n) is 2.42. The molecule has 116 valence electrons. The number of nitrogens with zero attached hydrogens (tertiary/aromatic N) is 2. The van der Waals surface area contributed by atoms with Crippen LogP contribution in [0.3, 0.4) is 0 Å². The van der Waals surface area contributed by atoms with Crippen LogP contribution in [0.25, 0.3) is 0 Å². The lowest BCUT2D eigenvalue weighted by atomic mass is 10.2. The summed E-state index contributed by atoms with van der Waals surface area (Å²) >= 11 is 3.49. The van der Waals surface area contributed by atoms with Crippen molar-refractivity contribution in [2.24, 2.45) is 5.16 Å². The predicted octanol–water partition coefficient (Wildman–Crippen LogP) is 3.13. The molecule has 0 amide bonds. The molecule has 1 aliphatic rings. The minimum Gasteiger partial charge on any atom is -0.490 e. The van der Waals surface area contributed by atoms with Gasteiger partial charge in [-0.05, 0) is 60.9 Å². The molecule has 0 radical (unpaired) electrons. The lowest BCUT2D eigenvalue weighted by molar-refractivity contribution is 0.225. The Hall–Kier alpha value is -1.27. The van der Waals surface area contributed by atoms with Crippen molar-refractivity contribution in [3.8, 4) is 11.5 Å². The van der Waals surface area contributed by atoms with E-state index in [1.807, 2.05) is 13.0 Å². The normalized spacial score (nSPS) is 15.7. The van der Waals surface area contributed by atoms with Gasteiger partial charge in [-0.1, -0.05) is 5.16 Å². The van der Waals surface area contributed by atoms with Crippen LogP contribution < -0.4 is 9.47 Å². The number of benzene rings is 1. The number of hydrogen-bond donors (Lipinski definition) is 1. The molecular formula is C15H21BrN2O3. The third kappa shape index (κ3) is 4.61. The molecule has 1 fully saturated rings. The lowest BCUT2D eigenvalue weighted by Gasteiger charge is -2.18. The van der Waals surface area contributed by atoms with Crippen LogP contribution in [-0.2, 0) is 0 Å². The van der Waals surface area contributed by atoms with Crippen LogP contribution in [0.4, 0.5) is 0 Å². The first-order chi connectivity index (χ1) is 10.2. The Labute approximate surface area is 133 Å². The van der Waals surface area contributed by atoms with Crippen molar-refractivity contribution < 1.29 is 14.7 Å². The fraction of sp³-hybridized carbons (Fsp3) is 0.533. The third-order valence-corrected chi connectivity index (χ3v) is 3.98. The molecule has 0 aromatic heterocycles. The first-order valence-corrected chi connectivity index (χ1v) is 8.02. The van der Waals surface area contributed by atoms with Gasteiger partial charge in [0.15, 0.2) is 11.5 Å². The molecule has 0 unspecified atom stereocenters. The lowest BCUT2D eigenvalue weighted by Crippen LogP contribution is -2.25. The Bertz CT molecular complexity index is 488. The highest BCUT2D eigenvalue weighted by Crippen LogP contribution is 2.36. The molecule has 1 saturated heterocycles. The summed E-state index contributed by atoms with van der Waals surface area (Å²) in [6.07, 6.45) is 3.92. The third-order valence-electron chi connectivity index (χ3n) is 3.39. The van der Waals surface area contributed by atoms with Crippen molar-refractivity contribution in [2.75, 3.05) is 32.8 Å². The maximum atomic E-state index is 8.64. The van der Waals surface area contributed by atoms with E-state index in [1.165, 1.54) is 19.1 Å². The molecule has 0 bridgehead atoms. The highest BCUT2D eigenvalue weighted by Gasteiger charge is 2.14. The summed E-state index contributed by atoms with van der Waals surface area (Å²) in [6.45, 7) is 6.36. The fourth-order valence-corrected chi connectivity index (χ4v) is 2.99. The average molecular weight is 357 g/mol. The summed E-state index contributed by atoms with van der Waals surface area (Å²) in [5.74, 6) is 1.36. The number of rotatable bonds is 7. The van der Waals surface area contributed by atoms with Crippen LogP contribution in [0.15, 0.2) is 21.8 Å². The molecule has 5 nitrogen and oxygen atoms in total. The van der Waals surface area contributed by atoms with E-state index in [2.05, 4.69) is 26.0 Å². The van der Waals surface area contributed by atoms with Gasteiger partial charge in [-0.2, -0.15) is 0 Å². The van der Waals surface area contributed by atoms with Gasteiger partial charge >= 0.3 is 0 Å². The molecular weight excluding hydrogens is 336 g/mol. The van der Waals surface area contributed by atoms with E-state index in [-0.39, 0.29) is 0 Å². The summed E-state index contributed by atoms with van der Waals surface area (Å²) < 4.78 is 12.3. The van der Waals surface area contributed by atoms with Crippen LogP contribution in [0, 0.1) is 0 Å². The van der Waals surface area contributed by atoms with Gasteiger partial charge in [0.1, 0.15) is 6.61 Å². The molecule has 1 aromatic carbocycles. The van der Waals surface area contributed by atoms with E-state index < -0.39 is 0 Å². The van der Waals surface area contributed by atoms with Crippen LogP contribution in [0.5, 0.6) is 11.5 Å². The smallest absolute Gasteiger partial charge is 0.175 e. The Kier molecular flexibility index (Phi) is 6.32. The monoisotopic (exact) mass is 356 g/mol. The second-order valence-electron chi connectivity index (χ2n) is 4.90. The largest absolute Gasteiger partial charge is 0.490 e. The molecule has 0 spiro atoms. The van der Waals surface area contributed by atoms with Crippen LogP contribution in [0.2, 0.25) is 0 Å². The van der Waals surface area contributed by atoms with E-state index in [9.17, 15) is 0 Å². The SMILES string of the molecule is CCOc1cc(C=NO)cc(Br)c1OCCN1CCCC1. The number of halogens is 1. The van der Waals surface area contributed by atoms with Crippen molar-refractivity contribution in [1.82, 2.24) is 4.90 Å². The van der Waals surface area contributed by atoms with Crippen molar-refractivity contribution in [3.63, 3.8) is 0 Å². The van der Waals surface area contributed by atoms with Crippen LogP contribution in [-0.4, -0.2) is 49.2 Å². The average Bonchev–Trinajstić information content (AvgIpc) is 2.95. The zero-order chi connectivity index (χ0) is 15.1. The number of oxime groups is 1. The van der Waals surface area contributed by atoms with Gasteiger partial charge in [0.2, 0.25) is 0 Å². The zero-order valence-electron chi connectivity index (χ0n) is 12.2. The van der Waals surface area contributed by atoms with E-state index in [0.29, 0.717) is 24.7 Å². The van der Waals surface area contributed by atoms with Gasteiger partial charge in [0, 0.05) is 12.1 Å². The Morgan fingerprint density at radius 2 is 2.10 bits per heavy atom. The van der Waals surface area contributed by atoms with Crippen LogP contribution in [0.1, 0.15) is 25.3 Å². The Morgan fingerprint density at radius 3 is 2.76 bits per heavy atom. The predicted molar refractivity (Wildman–Crippen MR) is 85.9 cm³/mol. The Morgan fingerprint density at radius 1 is 1.33 bits per heavy atom. The molecule has 21 heavy (non-hydrogen) atoms. The summed E-state index contributed by atoms with van der Waals surface area (Å²) in [6, 6.07) is 3.65. The van der Waals surface area contributed by atoms with Crippen molar-refractivity contribution >= 4 is 22.1 Å². The minimum absolute atomic E-state index is 0.550. The Balaban J connectivity index is 2.04. The molecule has 0 atom stereocenters. The highest BCUT2D eigenvalue weighted by molar-refractivity contribution is 9.10. The summed E-state index contributed by atoms with van der Waals surface area (Å²) in [7, 11) is 0. The maximum absolute atomic E-state index is 8.64. The van der Waals surface area contributed by atoms with Gasteiger partial charge in [-0.25, -0.2) is 0 Å². The van der Waals surface area contributed by atoms with E-state index in [4.69, 9.17) is 14.7 Å². The summed E-state index contributed by atoms with van der Waals surface area (Å²) in [5.41, 5.74) is 0.750. The van der Waals surface area contributed by atoms with Gasteiger partial charge in [0.25, 0.3) is 0 Å². The molecule has 0 aliphatic carbocycles. The molecule has 6 heteroatoms. The van der Waals surface area contributed by atoms with Crippen molar-refractivity contribution in [2.45, 2.75) is 19.8 Å². The quantitative estimate of drug-likeness (QED) is 0.463. The van der Waals surface area contributed by atoms with Gasteiger partial charge in [-0.3, -0.25) is 4.90 Å². The zero-order valence-corrected chi connectivity index (χ0v) is 13.8. The number of likely N-dealkylation sites (tertiary alicyclic amines) is 1. The topological polar surface area (TPSA) is 54.3 Å². The second kappa shape index (κ2) is 8.24. The van der Waals surface area contributed by atoms with Crippen molar-refractivity contribution in [3.05, 3.63) is 22.2 Å². The second-order valence-corrected chi connectivity index (χ2v) is 5.76. The molecule has 1 N–H and O–H groups in total. The number of hydrogen-bond acceptors (Lipinski definition) is 5. The molecule has 0 saturated carbocycles. The molecule has 2 rings (SSSR count). The van der Waals surface area contributed by atoms with E-state index in [0.717, 1.165) is 29.7 Å². The van der Waals surface area contributed by atoms with Gasteiger partial charge < -0.3 is 14.7 Å². The minimum atomic E-state index is 0.550.